The average molecular weight is 299 g/mol. The summed E-state index contributed by atoms with van der Waals surface area (Å²) in [7, 11) is -1.98. The first kappa shape index (κ1) is 15.3. The van der Waals surface area contributed by atoms with E-state index in [1.807, 2.05) is 0 Å². The van der Waals surface area contributed by atoms with Crippen LogP contribution in [0, 0.1) is 0 Å². The van der Waals surface area contributed by atoms with Crippen molar-refractivity contribution in [2.45, 2.75) is 37.2 Å². The van der Waals surface area contributed by atoms with E-state index < -0.39 is 10.0 Å². The summed E-state index contributed by atoms with van der Waals surface area (Å²) in [6.07, 6.45) is 3.97. The van der Waals surface area contributed by atoms with Crippen LogP contribution in [0.25, 0.3) is 0 Å². The quantitative estimate of drug-likeness (QED) is 0.920. The van der Waals surface area contributed by atoms with Crippen molar-refractivity contribution < 1.29 is 18.3 Å². The molecule has 0 aliphatic carbocycles. The fourth-order valence-corrected chi connectivity index (χ4v) is 4.04. The molecule has 1 aliphatic rings. The summed E-state index contributed by atoms with van der Waals surface area (Å²) in [5.74, 6) is 0.502. The molecule has 5 nitrogen and oxygen atoms in total. The summed E-state index contributed by atoms with van der Waals surface area (Å²) < 4.78 is 31.9. The number of aliphatic hydroxyl groups excluding tert-OH is 1. The van der Waals surface area contributed by atoms with E-state index in [1.54, 1.807) is 10.4 Å². The van der Waals surface area contributed by atoms with Gasteiger partial charge in [-0.2, -0.15) is 4.31 Å². The van der Waals surface area contributed by atoms with E-state index in [1.165, 1.54) is 19.2 Å². The number of benzene rings is 1. The van der Waals surface area contributed by atoms with Gasteiger partial charge >= 0.3 is 0 Å². The first-order chi connectivity index (χ1) is 9.59. The molecule has 20 heavy (non-hydrogen) atoms. The van der Waals surface area contributed by atoms with Crippen LogP contribution >= 0.6 is 0 Å². The van der Waals surface area contributed by atoms with Gasteiger partial charge in [0, 0.05) is 18.7 Å². The van der Waals surface area contributed by atoms with E-state index in [0.29, 0.717) is 24.4 Å². The highest BCUT2D eigenvalue weighted by molar-refractivity contribution is 7.89. The van der Waals surface area contributed by atoms with E-state index in [2.05, 4.69) is 0 Å². The standard InChI is InChI=1S/C14H21NO4S/c1-19-14-7-6-13(10-12(14)11-16)20(17,18)15-8-4-2-3-5-9-15/h6-7,10,16H,2-5,8-9,11H2,1H3. The highest BCUT2D eigenvalue weighted by atomic mass is 32.2. The molecule has 1 aliphatic heterocycles. The van der Waals surface area contributed by atoms with Gasteiger partial charge in [0.25, 0.3) is 0 Å². The summed E-state index contributed by atoms with van der Waals surface area (Å²) in [5, 5.41) is 9.31. The molecule has 6 heteroatoms. The number of methoxy groups -OCH3 is 1. The molecule has 2 rings (SSSR count). The minimum Gasteiger partial charge on any atom is -0.496 e. The van der Waals surface area contributed by atoms with Crippen molar-refractivity contribution in [1.29, 1.82) is 0 Å². The Labute approximate surface area is 120 Å². The normalized spacial score (nSPS) is 17.7. The monoisotopic (exact) mass is 299 g/mol. The van der Waals surface area contributed by atoms with Crippen molar-refractivity contribution in [2.24, 2.45) is 0 Å². The molecule has 0 radical (unpaired) electrons. The summed E-state index contributed by atoms with van der Waals surface area (Å²) in [5.41, 5.74) is 0.489. The molecule has 0 unspecified atom stereocenters. The molecule has 0 bridgehead atoms. The van der Waals surface area contributed by atoms with Crippen molar-refractivity contribution in [3.8, 4) is 5.75 Å². The lowest BCUT2D eigenvalue weighted by atomic mass is 10.2. The Balaban J connectivity index is 2.33. The summed E-state index contributed by atoms with van der Waals surface area (Å²) in [6.45, 7) is 0.901. The Kier molecular flexibility index (Phi) is 5.01. The molecule has 0 atom stereocenters. The van der Waals surface area contributed by atoms with Gasteiger partial charge in [-0.25, -0.2) is 8.42 Å². The fraction of sp³-hybridized carbons (Fsp3) is 0.571. The number of nitrogens with zero attached hydrogens (tertiary/aromatic N) is 1. The maximum atomic E-state index is 12.6. The van der Waals surface area contributed by atoms with E-state index in [4.69, 9.17) is 4.74 Å². The lowest BCUT2D eigenvalue weighted by Gasteiger charge is -2.20. The molecule has 0 spiro atoms. The fourth-order valence-electron chi connectivity index (χ4n) is 2.47. The Hall–Kier alpha value is -1.11. The number of sulfonamides is 1. The second-order valence-corrected chi connectivity index (χ2v) is 6.89. The van der Waals surface area contributed by atoms with Crippen LogP contribution in [0.1, 0.15) is 31.2 Å². The second kappa shape index (κ2) is 6.56. The van der Waals surface area contributed by atoms with E-state index in [0.717, 1.165) is 25.7 Å². The van der Waals surface area contributed by atoms with Crippen LogP contribution < -0.4 is 4.74 Å². The average Bonchev–Trinajstić information content (AvgIpc) is 2.76. The minimum atomic E-state index is -3.48. The van der Waals surface area contributed by atoms with Gasteiger partial charge in [0.1, 0.15) is 5.75 Å². The molecule has 1 saturated heterocycles. The Bertz CT molecular complexity index is 548. The maximum absolute atomic E-state index is 12.6. The van der Waals surface area contributed by atoms with Crippen molar-refractivity contribution in [3.63, 3.8) is 0 Å². The zero-order valence-electron chi connectivity index (χ0n) is 11.7. The number of hydrogen-bond acceptors (Lipinski definition) is 4. The van der Waals surface area contributed by atoms with E-state index >= 15 is 0 Å². The third-order valence-corrected chi connectivity index (χ3v) is 5.52. The number of aliphatic hydroxyl groups is 1. The molecule has 0 saturated carbocycles. The van der Waals surface area contributed by atoms with E-state index in [-0.39, 0.29) is 11.5 Å². The van der Waals surface area contributed by atoms with Gasteiger partial charge < -0.3 is 9.84 Å². The lowest BCUT2D eigenvalue weighted by molar-refractivity contribution is 0.273. The smallest absolute Gasteiger partial charge is 0.243 e. The Morgan fingerprint density at radius 3 is 2.40 bits per heavy atom. The van der Waals surface area contributed by atoms with Gasteiger partial charge in [-0.3, -0.25) is 0 Å². The molecule has 112 valence electrons. The Morgan fingerprint density at radius 2 is 1.85 bits per heavy atom. The van der Waals surface area contributed by atoms with Crippen LogP contribution in [-0.2, 0) is 16.6 Å². The lowest BCUT2D eigenvalue weighted by Crippen LogP contribution is -2.32. The Morgan fingerprint density at radius 1 is 1.20 bits per heavy atom. The molecule has 1 aromatic rings. The van der Waals surface area contributed by atoms with Crippen molar-refractivity contribution in [2.75, 3.05) is 20.2 Å². The van der Waals surface area contributed by atoms with Gasteiger partial charge in [-0.05, 0) is 31.0 Å². The van der Waals surface area contributed by atoms with Crippen molar-refractivity contribution in [1.82, 2.24) is 4.31 Å². The van der Waals surface area contributed by atoms with Crippen LogP contribution in [0.2, 0.25) is 0 Å². The van der Waals surface area contributed by atoms with Crippen molar-refractivity contribution in [3.05, 3.63) is 23.8 Å². The third kappa shape index (κ3) is 3.13. The predicted octanol–water partition coefficient (Wildman–Crippen LogP) is 1.75. The van der Waals surface area contributed by atoms with Gasteiger partial charge in [0.15, 0.2) is 0 Å². The van der Waals surface area contributed by atoms with Crippen LogP contribution in [-0.4, -0.2) is 38.0 Å². The highest BCUT2D eigenvalue weighted by Gasteiger charge is 2.25. The number of hydrogen-bond donors (Lipinski definition) is 1. The molecule has 1 heterocycles. The minimum absolute atomic E-state index is 0.226. The molecule has 1 fully saturated rings. The second-order valence-electron chi connectivity index (χ2n) is 4.95. The number of ether oxygens (including phenoxy) is 1. The van der Waals surface area contributed by atoms with Crippen molar-refractivity contribution >= 4 is 10.0 Å². The SMILES string of the molecule is COc1ccc(S(=O)(=O)N2CCCCCC2)cc1CO. The maximum Gasteiger partial charge on any atom is 0.243 e. The zero-order valence-corrected chi connectivity index (χ0v) is 12.5. The van der Waals surface area contributed by atoms with Gasteiger partial charge in [-0.1, -0.05) is 12.8 Å². The summed E-state index contributed by atoms with van der Waals surface area (Å²) >= 11 is 0. The van der Waals surface area contributed by atoms with Crippen LogP contribution in [0.4, 0.5) is 0 Å². The van der Waals surface area contributed by atoms with Gasteiger partial charge in [0.2, 0.25) is 10.0 Å². The number of rotatable bonds is 4. The predicted molar refractivity (Wildman–Crippen MR) is 76.1 cm³/mol. The third-order valence-electron chi connectivity index (χ3n) is 3.63. The first-order valence-corrected chi connectivity index (χ1v) is 8.31. The van der Waals surface area contributed by atoms with Crippen LogP contribution in [0.3, 0.4) is 0 Å². The topological polar surface area (TPSA) is 66.8 Å². The first-order valence-electron chi connectivity index (χ1n) is 6.87. The van der Waals surface area contributed by atoms with Crippen LogP contribution in [0.15, 0.2) is 23.1 Å². The summed E-state index contributed by atoms with van der Waals surface area (Å²) in [6, 6.07) is 4.63. The molecule has 0 amide bonds. The zero-order chi connectivity index (χ0) is 14.6. The van der Waals surface area contributed by atoms with Gasteiger partial charge in [0.05, 0.1) is 18.6 Å². The van der Waals surface area contributed by atoms with E-state index in [9.17, 15) is 13.5 Å². The largest absolute Gasteiger partial charge is 0.496 e. The molecule has 1 N–H and O–H groups in total. The molecule has 1 aromatic carbocycles. The molecular weight excluding hydrogens is 278 g/mol. The molecule has 0 aromatic heterocycles. The van der Waals surface area contributed by atoms with Crippen LogP contribution in [0.5, 0.6) is 5.75 Å². The highest BCUT2D eigenvalue weighted by Crippen LogP contribution is 2.26. The van der Waals surface area contributed by atoms with Gasteiger partial charge in [-0.15, -0.1) is 0 Å². The molecular formula is C14H21NO4S. The summed E-state index contributed by atoms with van der Waals surface area (Å²) in [4.78, 5) is 0.226.